The fourth-order valence-electron chi connectivity index (χ4n) is 1.92. The molecule has 0 atom stereocenters. The van der Waals surface area contributed by atoms with Crippen LogP contribution in [0, 0.1) is 0 Å². The molecule has 0 bridgehead atoms. The summed E-state index contributed by atoms with van der Waals surface area (Å²) >= 11 is 5.84. The van der Waals surface area contributed by atoms with Crippen molar-refractivity contribution < 1.29 is 9.59 Å². The molecule has 0 aliphatic heterocycles. The molecular weight excluding hydrogens is 274 g/mol. The topological polar surface area (TPSA) is 46.2 Å². The average molecular weight is 288 g/mol. The first-order valence-corrected chi connectivity index (χ1v) is 6.65. The van der Waals surface area contributed by atoms with Gasteiger partial charge in [-0.3, -0.25) is 9.59 Å². The van der Waals surface area contributed by atoms with E-state index in [-0.39, 0.29) is 5.91 Å². The van der Waals surface area contributed by atoms with Gasteiger partial charge in [0.05, 0.1) is 0 Å². The highest BCUT2D eigenvalue weighted by molar-refractivity contribution is 6.30. The number of hydrogen-bond acceptors (Lipinski definition) is 2. The summed E-state index contributed by atoms with van der Waals surface area (Å²) in [5.41, 5.74) is 2.11. The highest BCUT2D eigenvalue weighted by atomic mass is 35.5. The average Bonchev–Trinajstić information content (AvgIpc) is 2.47. The normalized spacial score (nSPS) is 10.1. The second-order valence-corrected chi connectivity index (χ2v) is 4.77. The fourth-order valence-corrected chi connectivity index (χ4v) is 2.11. The Labute approximate surface area is 122 Å². The molecule has 0 aromatic heterocycles. The SMILES string of the molecule is O=Cc1ccccc1CCNC(=O)c1cccc(Cl)c1. The number of halogens is 1. The van der Waals surface area contributed by atoms with Crippen LogP contribution in [0.15, 0.2) is 48.5 Å². The van der Waals surface area contributed by atoms with Gasteiger partial charge in [0.2, 0.25) is 0 Å². The molecule has 0 unspecified atom stereocenters. The van der Waals surface area contributed by atoms with E-state index >= 15 is 0 Å². The van der Waals surface area contributed by atoms with E-state index in [0.717, 1.165) is 11.8 Å². The fraction of sp³-hybridized carbons (Fsp3) is 0.125. The molecule has 20 heavy (non-hydrogen) atoms. The lowest BCUT2D eigenvalue weighted by atomic mass is 10.1. The summed E-state index contributed by atoms with van der Waals surface area (Å²) < 4.78 is 0. The van der Waals surface area contributed by atoms with Crippen LogP contribution < -0.4 is 5.32 Å². The van der Waals surface area contributed by atoms with Crippen LogP contribution in [0.2, 0.25) is 5.02 Å². The molecule has 1 amide bonds. The maximum Gasteiger partial charge on any atom is 0.251 e. The molecule has 102 valence electrons. The molecule has 4 heteroatoms. The molecule has 0 spiro atoms. The standard InChI is InChI=1S/C16H14ClNO2/c17-15-7-3-6-13(10-15)16(20)18-9-8-12-4-1-2-5-14(12)11-19/h1-7,10-11H,8-9H2,(H,18,20). The van der Waals surface area contributed by atoms with Crippen LogP contribution in [0.3, 0.4) is 0 Å². The Morgan fingerprint density at radius 1 is 1.15 bits per heavy atom. The van der Waals surface area contributed by atoms with Gasteiger partial charge in [0.1, 0.15) is 6.29 Å². The van der Waals surface area contributed by atoms with Crippen molar-refractivity contribution in [3.05, 3.63) is 70.2 Å². The second kappa shape index (κ2) is 6.87. The largest absolute Gasteiger partial charge is 0.352 e. The van der Waals surface area contributed by atoms with Gasteiger partial charge in [-0.25, -0.2) is 0 Å². The summed E-state index contributed by atoms with van der Waals surface area (Å²) in [4.78, 5) is 22.8. The predicted molar refractivity (Wildman–Crippen MR) is 79.3 cm³/mol. The van der Waals surface area contributed by atoms with Gasteiger partial charge in [0, 0.05) is 22.7 Å². The number of carbonyl (C=O) groups is 2. The number of carbonyl (C=O) groups excluding carboxylic acids is 2. The zero-order chi connectivity index (χ0) is 14.4. The van der Waals surface area contributed by atoms with E-state index in [1.54, 1.807) is 30.3 Å². The van der Waals surface area contributed by atoms with Gasteiger partial charge >= 0.3 is 0 Å². The van der Waals surface area contributed by atoms with Gasteiger partial charge in [-0.05, 0) is 30.2 Å². The highest BCUT2D eigenvalue weighted by Crippen LogP contribution is 2.10. The zero-order valence-electron chi connectivity index (χ0n) is 10.8. The molecule has 1 N–H and O–H groups in total. The van der Waals surface area contributed by atoms with Crippen molar-refractivity contribution in [2.24, 2.45) is 0 Å². The third kappa shape index (κ3) is 3.68. The summed E-state index contributed by atoms with van der Waals surface area (Å²) in [6.45, 7) is 0.468. The lowest BCUT2D eigenvalue weighted by Gasteiger charge is -2.07. The maximum atomic E-state index is 11.9. The molecule has 2 aromatic carbocycles. The van der Waals surface area contributed by atoms with Crippen LogP contribution >= 0.6 is 11.6 Å². The van der Waals surface area contributed by atoms with E-state index in [1.807, 2.05) is 18.2 Å². The number of aldehydes is 1. The Balaban J connectivity index is 1.93. The Bertz CT molecular complexity index is 625. The van der Waals surface area contributed by atoms with E-state index < -0.39 is 0 Å². The number of benzene rings is 2. The molecule has 0 saturated heterocycles. The zero-order valence-corrected chi connectivity index (χ0v) is 11.6. The van der Waals surface area contributed by atoms with Gasteiger partial charge in [-0.15, -0.1) is 0 Å². The lowest BCUT2D eigenvalue weighted by molar-refractivity contribution is 0.0954. The van der Waals surface area contributed by atoms with E-state index in [1.165, 1.54) is 0 Å². The molecule has 2 rings (SSSR count). The predicted octanol–water partition coefficient (Wildman–Crippen LogP) is 3.13. The minimum atomic E-state index is -0.170. The molecule has 0 aliphatic rings. The van der Waals surface area contributed by atoms with E-state index in [2.05, 4.69) is 5.32 Å². The minimum Gasteiger partial charge on any atom is -0.352 e. The summed E-state index contributed by atoms with van der Waals surface area (Å²) in [6, 6.07) is 14.1. The van der Waals surface area contributed by atoms with Crippen LogP contribution in [0.5, 0.6) is 0 Å². The lowest BCUT2D eigenvalue weighted by Crippen LogP contribution is -2.25. The van der Waals surface area contributed by atoms with Crippen molar-refractivity contribution in [2.45, 2.75) is 6.42 Å². The van der Waals surface area contributed by atoms with Crippen molar-refractivity contribution in [3.8, 4) is 0 Å². The first-order chi connectivity index (χ1) is 9.70. The van der Waals surface area contributed by atoms with E-state index in [0.29, 0.717) is 29.1 Å². The second-order valence-electron chi connectivity index (χ2n) is 4.33. The maximum absolute atomic E-state index is 11.9. The van der Waals surface area contributed by atoms with Crippen LogP contribution in [0.25, 0.3) is 0 Å². The van der Waals surface area contributed by atoms with Crippen LogP contribution in [0.1, 0.15) is 26.3 Å². The first-order valence-electron chi connectivity index (χ1n) is 6.27. The van der Waals surface area contributed by atoms with Crippen molar-refractivity contribution in [2.75, 3.05) is 6.54 Å². The number of rotatable bonds is 5. The minimum absolute atomic E-state index is 0.170. The smallest absolute Gasteiger partial charge is 0.251 e. The molecule has 0 radical (unpaired) electrons. The van der Waals surface area contributed by atoms with Crippen molar-refractivity contribution >= 4 is 23.8 Å². The molecule has 0 saturated carbocycles. The van der Waals surface area contributed by atoms with Crippen LogP contribution in [-0.2, 0) is 6.42 Å². The number of nitrogens with one attached hydrogen (secondary N) is 1. The molecule has 0 fully saturated rings. The molecular formula is C16H14ClNO2. The van der Waals surface area contributed by atoms with Crippen LogP contribution in [-0.4, -0.2) is 18.7 Å². The Kier molecular flexibility index (Phi) is 4.91. The Morgan fingerprint density at radius 3 is 2.70 bits per heavy atom. The van der Waals surface area contributed by atoms with Gasteiger partial charge in [-0.2, -0.15) is 0 Å². The third-order valence-electron chi connectivity index (χ3n) is 2.95. The third-order valence-corrected chi connectivity index (χ3v) is 3.18. The summed E-state index contributed by atoms with van der Waals surface area (Å²) in [6.07, 6.45) is 1.44. The molecule has 0 aliphatic carbocycles. The van der Waals surface area contributed by atoms with Crippen molar-refractivity contribution in [3.63, 3.8) is 0 Å². The summed E-state index contributed by atoms with van der Waals surface area (Å²) in [5, 5.41) is 3.34. The van der Waals surface area contributed by atoms with Gasteiger partial charge < -0.3 is 5.32 Å². The first kappa shape index (κ1) is 14.3. The van der Waals surface area contributed by atoms with E-state index in [9.17, 15) is 9.59 Å². The van der Waals surface area contributed by atoms with Crippen molar-refractivity contribution in [1.82, 2.24) is 5.32 Å². The molecule has 3 nitrogen and oxygen atoms in total. The number of hydrogen-bond donors (Lipinski definition) is 1. The monoisotopic (exact) mass is 287 g/mol. The quantitative estimate of drug-likeness (QED) is 0.859. The van der Waals surface area contributed by atoms with Gasteiger partial charge in [0.25, 0.3) is 5.91 Å². The summed E-state index contributed by atoms with van der Waals surface area (Å²) in [7, 11) is 0. The molecule has 2 aromatic rings. The Morgan fingerprint density at radius 2 is 1.95 bits per heavy atom. The van der Waals surface area contributed by atoms with Crippen molar-refractivity contribution in [1.29, 1.82) is 0 Å². The Hall–Kier alpha value is -2.13. The molecule has 0 heterocycles. The highest BCUT2D eigenvalue weighted by Gasteiger charge is 2.06. The number of amides is 1. The summed E-state index contributed by atoms with van der Waals surface area (Å²) in [5.74, 6) is -0.170. The van der Waals surface area contributed by atoms with Gasteiger partial charge in [-0.1, -0.05) is 41.9 Å². The van der Waals surface area contributed by atoms with E-state index in [4.69, 9.17) is 11.6 Å². The van der Waals surface area contributed by atoms with Gasteiger partial charge in [0.15, 0.2) is 0 Å². The van der Waals surface area contributed by atoms with Crippen LogP contribution in [0.4, 0.5) is 0 Å².